The maximum Gasteiger partial charge on any atom is 0.472 e. The number of phosphoric acid groups is 2. The van der Waals surface area contributed by atoms with Gasteiger partial charge in [0.1, 0.15) is 19.3 Å². The molecular formula is C78H152O17P2. The van der Waals surface area contributed by atoms with E-state index in [2.05, 4.69) is 34.6 Å². The SMILES string of the molecule is CCCCCCCCCCCCCCC(=O)OC[C@H](COP(=O)(O)OC[C@@H](O)COP(=O)(O)OC[C@@H](COC(=O)CCCCCCCCCCCCC)OC(=O)CCCCCCCCCCCCCC)OC(=O)CCCCCCCCCCCCCCCCCCCCC(C)CC. The molecule has 0 radical (unpaired) electrons. The van der Waals surface area contributed by atoms with Gasteiger partial charge < -0.3 is 33.8 Å². The number of esters is 4. The second-order valence-corrected chi connectivity index (χ2v) is 31.3. The van der Waals surface area contributed by atoms with Crippen molar-refractivity contribution in [2.75, 3.05) is 39.6 Å². The smallest absolute Gasteiger partial charge is 0.462 e. The molecule has 17 nitrogen and oxygen atoms in total. The molecule has 3 N–H and O–H groups in total. The van der Waals surface area contributed by atoms with Crippen LogP contribution in [-0.4, -0.2) is 96.7 Å². The summed E-state index contributed by atoms with van der Waals surface area (Å²) in [6, 6.07) is 0. The van der Waals surface area contributed by atoms with Gasteiger partial charge in [0.25, 0.3) is 0 Å². The summed E-state index contributed by atoms with van der Waals surface area (Å²) in [5.41, 5.74) is 0. The zero-order chi connectivity index (χ0) is 71.2. The number of unbranched alkanes of at least 4 members (excludes halogenated alkanes) is 49. The molecule has 6 atom stereocenters. The third-order valence-corrected chi connectivity index (χ3v) is 20.5. The zero-order valence-corrected chi connectivity index (χ0v) is 65.0. The highest BCUT2D eigenvalue weighted by Gasteiger charge is 2.30. The fourth-order valence-electron chi connectivity index (χ4n) is 12.0. The van der Waals surface area contributed by atoms with Gasteiger partial charge in [-0.3, -0.25) is 37.3 Å². The van der Waals surface area contributed by atoms with E-state index in [1.807, 2.05) is 0 Å². The monoisotopic (exact) mass is 1420 g/mol. The number of ether oxygens (including phenoxy) is 4. The highest BCUT2D eigenvalue weighted by atomic mass is 31.2. The average molecular weight is 1420 g/mol. The van der Waals surface area contributed by atoms with Crippen LogP contribution < -0.4 is 0 Å². The number of hydrogen-bond acceptors (Lipinski definition) is 15. The number of rotatable bonds is 78. The molecule has 0 aromatic heterocycles. The molecule has 0 aromatic rings. The Labute approximate surface area is 594 Å². The van der Waals surface area contributed by atoms with E-state index in [-0.39, 0.29) is 25.7 Å². The Morgan fingerprint density at radius 1 is 0.289 bits per heavy atom. The summed E-state index contributed by atoms with van der Waals surface area (Å²) in [7, 11) is -9.91. The van der Waals surface area contributed by atoms with Crippen LogP contribution in [0, 0.1) is 5.92 Å². The van der Waals surface area contributed by atoms with Crippen LogP contribution in [0.2, 0.25) is 0 Å². The molecule has 0 rings (SSSR count). The van der Waals surface area contributed by atoms with Crippen LogP contribution in [0.3, 0.4) is 0 Å². The van der Waals surface area contributed by atoms with Gasteiger partial charge in [0.05, 0.1) is 26.4 Å². The van der Waals surface area contributed by atoms with Crippen molar-refractivity contribution in [1.82, 2.24) is 0 Å². The van der Waals surface area contributed by atoms with Gasteiger partial charge in [-0.2, -0.15) is 0 Å². The normalized spacial score (nSPS) is 14.2. The molecular weight excluding hydrogens is 1270 g/mol. The van der Waals surface area contributed by atoms with E-state index >= 15 is 0 Å². The van der Waals surface area contributed by atoms with E-state index in [9.17, 15) is 43.2 Å². The molecule has 0 heterocycles. The minimum Gasteiger partial charge on any atom is -0.462 e. The Hall–Kier alpha value is -1.94. The van der Waals surface area contributed by atoms with Gasteiger partial charge >= 0.3 is 39.5 Å². The zero-order valence-electron chi connectivity index (χ0n) is 63.2. The first-order chi connectivity index (χ1) is 47.1. The predicted octanol–water partition coefficient (Wildman–Crippen LogP) is 23.3. The number of carbonyl (C=O) groups excluding carboxylic acids is 4. The maximum absolute atomic E-state index is 13.1. The highest BCUT2D eigenvalue weighted by Crippen LogP contribution is 2.45. The van der Waals surface area contributed by atoms with E-state index in [4.69, 9.17) is 37.0 Å². The van der Waals surface area contributed by atoms with Crippen molar-refractivity contribution in [3.8, 4) is 0 Å². The van der Waals surface area contributed by atoms with Crippen LogP contribution in [-0.2, 0) is 65.4 Å². The number of hydrogen-bond donors (Lipinski definition) is 3. The van der Waals surface area contributed by atoms with Crippen molar-refractivity contribution in [3.05, 3.63) is 0 Å². The van der Waals surface area contributed by atoms with Crippen LogP contribution in [0.25, 0.3) is 0 Å². The summed E-state index contributed by atoms with van der Waals surface area (Å²) < 4.78 is 68.6. The molecule has 19 heteroatoms. The van der Waals surface area contributed by atoms with Crippen molar-refractivity contribution >= 4 is 39.5 Å². The molecule has 0 saturated carbocycles. The first-order valence-corrected chi connectivity index (χ1v) is 43.7. The lowest BCUT2D eigenvalue weighted by Crippen LogP contribution is -2.30. The average Bonchev–Trinajstić information content (AvgIpc) is 1.73. The second-order valence-electron chi connectivity index (χ2n) is 28.3. The lowest BCUT2D eigenvalue weighted by atomic mass is 9.99. The van der Waals surface area contributed by atoms with Crippen molar-refractivity contribution in [2.45, 2.75) is 432 Å². The van der Waals surface area contributed by atoms with Crippen molar-refractivity contribution in [1.29, 1.82) is 0 Å². The van der Waals surface area contributed by atoms with Crippen LogP contribution in [0.15, 0.2) is 0 Å². The first-order valence-electron chi connectivity index (χ1n) is 40.7. The molecule has 576 valence electrons. The van der Waals surface area contributed by atoms with Crippen molar-refractivity contribution in [2.24, 2.45) is 5.92 Å². The lowest BCUT2D eigenvalue weighted by Gasteiger charge is -2.21. The maximum atomic E-state index is 13.1. The predicted molar refractivity (Wildman–Crippen MR) is 395 cm³/mol. The quantitative estimate of drug-likeness (QED) is 0.0222. The molecule has 0 aliphatic carbocycles. The minimum atomic E-state index is -4.96. The van der Waals surface area contributed by atoms with E-state index in [1.54, 1.807) is 0 Å². The van der Waals surface area contributed by atoms with Crippen LogP contribution in [0.1, 0.15) is 413 Å². The molecule has 3 unspecified atom stereocenters. The van der Waals surface area contributed by atoms with Gasteiger partial charge in [0.15, 0.2) is 12.2 Å². The topological polar surface area (TPSA) is 237 Å². The summed E-state index contributed by atoms with van der Waals surface area (Å²) in [6.07, 6.45) is 60.9. The van der Waals surface area contributed by atoms with Crippen LogP contribution in [0.4, 0.5) is 0 Å². The number of carbonyl (C=O) groups is 4. The van der Waals surface area contributed by atoms with Crippen molar-refractivity contribution in [3.63, 3.8) is 0 Å². The Morgan fingerprint density at radius 2 is 0.495 bits per heavy atom. The van der Waals surface area contributed by atoms with E-state index in [0.29, 0.717) is 25.7 Å². The molecule has 0 amide bonds. The lowest BCUT2D eigenvalue weighted by molar-refractivity contribution is -0.161. The Bertz CT molecular complexity index is 1860. The van der Waals surface area contributed by atoms with E-state index in [1.165, 1.54) is 238 Å². The summed E-state index contributed by atoms with van der Waals surface area (Å²) in [6.45, 7) is 7.37. The molecule has 0 bridgehead atoms. The van der Waals surface area contributed by atoms with E-state index < -0.39 is 97.5 Å². The Balaban J connectivity index is 5.18. The van der Waals surface area contributed by atoms with Gasteiger partial charge in [-0.25, -0.2) is 9.13 Å². The van der Waals surface area contributed by atoms with Crippen LogP contribution >= 0.6 is 15.6 Å². The van der Waals surface area contributed by atoms with Crippen LogP contribution in [0.5, 0.6) is 0 Å². The number of phosphoric ester groups is 2. The van der Waals surface area contributed by atoms with Gasteiger partial charge in [-0.15, -0.1) is 0 Å². The summed E-state index contributed by atoms with van der Waals surface area (Å²) >= 11 is 0. The third kappa shape index (κ3) is 70.9. The third-order valence-electron chi connectivity index (χ3n) is 18.6. The Morgan fingerprint density at radius 3 is 0.732 bits per heavy atom. The van der Waals surface area contributed by atoms with Gasteiger partial charge in [-0.05, 0) is 31.6 Å². The first kappa shape index (κ1) is 95.1. The second kappa shape index (κ2) is 71.1. The fraction of sp³-hybridized carbons (Fsp3) is 0.949. The van der Waals surface area contributed by atoms with Gasteiger partial charge in [0.2, 0.25) is 0 Å². The van der Waals surface area contributed by atoms with Gasteiger partial charge in [-0.1, -0.05) is 362 Å². The number of aliphatic hydroxyl groups is 1. The standard InChI is InChI=1S/C78H152O17P2/c1-6-10-13-16-19-22-25-37-42-47-52-57-62-76(81)89-68-74(95-78(83)64-59-54-49-44-39-34-32-30-28-27-29-31-33-36-40-45-50-55-60-71(5)9-4)70-93-97(86,87)91-66-72(79)65-90-96(84,85)92-69-73(67-88-75(80)61-56-51-46-41-35-24-21-18-15-12-8-3)94-77(82)63-58-53-48-43-38-26-23-20-17-14-11-7-2/h71-74,79H,6-70H2,1-5H3,(H,84,85)(H,86,87)/t71?,72-,73+,74+/m0/s1. The molecule has 0 spiro atoms. The minimum absolute atomic E-state index is 0.108. The summed E-state index contributed by atoms with van der Waals surface area (Å²) in [4.78, 5) is 72.8. The summed E-state index contributed by atoms with van der Waals surface area (Å²) in [5.74, 6) is -1.24. The molecule has 97 heavy (non-hydrogen) atoms. The Kier molecular flexibility index (Phi) is 69.6. The molecule has 0 aliphatic heterocycles. The van der Waals surface area contributed by atoms with Crippen molar-refractivity contribution < 1.29 is 80.2 Å². The molecule has 0 fully saturated rings. The summed E-state index contributed by atoms with van der Waals surface area (Å²) in [5, 5.41) is 10.6. The number of aliphatic hydroxyl groups excluding tert-OH is 1. The molecule has 0 aromatic carbocycles. The largest absolute Gasteiger partial charge is 0.472 e. The molecule has 0 saturated heterocycles. The fourth-order valence-corrected chi connectivity index (χ4v) is 13.6. The highest BCUT2D eigenvalue weighted by molar-refractivity contribution is 7.47. The molecule has 0 aliphatic rings. The van der Waals surface area contributed by atoms with Gasteiger partial charge in [0, 0.05) is 25.7 Å². The van der Waals surface area contributed by atoms with E-state index in [0.717, 1.165) is 95.8 Å².